The molecule has 90 valence electrons. The third-order valence-electron chi connectivity index (χ3n) is 2.54. The number of nitrogens with two attached hydrogens (primary N) is 1. The van der Waals surface area contributed by atoms with Gasteiger partial charge < -0.3 is 10.3 Å². The van der Waals surface area contributed by atoms with Crippen LogP contribution in [0.15, 0.2) is 34.9 Å². The molecule has 0 bridgehead atoms. The molecular formula is C13H15FN2O. The van der Waals surface area contributed by atoms with Gasteiger partial charge in [0, 0.05) is 18.5 Å². The van der Waals surface area contributed by atoms with Gasteiger partial charge in [0.25, 0.3) is 0 Å². The molecule has 1 aromatic carbocycles. The maximum Gasteiger partial charge on any atom is 0.133 e. The predicted octanol–water partition coefficient (Wildman–Crippen LogP) is 2.23. The van der Waals surface area contributed by atoms with Gasteiger partial charge in [0.2, 0.25) is 0 Å². The van der Waals surface area contributed by atoms with Crippen LogP contribution in [0.4, 0.5) is 4.39 Å². The summed E-state index contributed by atoms with van der Waals surface area (Å²) in [5.74, 6) is 0.546. The van der Waals surface area contributed by atoms with E-state index in [9.17, 15) is 4.39 Å². The SMILES string of the molecule is Cc1cc(CC(N)Cc2cccc(F)c2)no1. The van der Waals surface area contributed by atoms with Crippen LogP contribution in [0.5, 0.6) is 0 Å². The normalized spacial score (nSPS) is 12.6. The van der Waals surface area contributed by atoms with Gasteiger partial charge in [-0.2, -0.15) is 0 Å². The molecule has 0 saturated heterocycles. The predicted molar refractivity (Wildman–Crippen MR) is 63.0 cm³/mol. The fraction of sp³-hybridized carbons (Fsp3) is 0.308. The molecule has 1 atom stereocenters. The van der Waals surface area contributed by atoms with Crippen molar-refractivity contribution in [2.24, 2.45) is 5.73 Å². The molecule has 2 rings (SSSR count). The lowest BCUT2D eigenvalue weighted by molar-refractivity contribution is 0.388. The number of nitrogens with zero attached hydrogens (tertiary/aromatic N) is 1. The van der Waals surface area contributed by atoms with E-state index in [0.717, 1.165) is 17.0 Å². The molecule has 0 radical (unpaired) electrons. The monoisotopic (exact) mass is 234 g/mol. The van der Waals surface area contributed by atoms with E-state index in [-0.39, 0.29) is 11.9 Å². The molecule has 1 aromatic heterocycles. The Morgan fingerprint density at radius 3 is 2.82 bits per heavy atom. The van der Waals surface area contributed by atoms with Crippen LogP contribution < -0.4 is 5.73 Å². The summed E-state index contributed by atoms with van der Waals surface area (Å²) in [6, 6.07) is 8.28. The molecule has 0 aliphatic rings. The third kappa shape index (κ3) is 3.39. The second-order valence-corrected chi connectivity index (χ2v) is 4.23. The summed E-state index contributed by atoms with van der Waals surface area (Å²) >= 11 is 0. The van der Waals surface area contributed by atoms with Gasteiger partial charge in [-0.05, 0) is 31.0 Å². The van der Waals surface area contributed by atoms with Crippen molar-refractivity contribution in [2.75, 3.05) is 0 Å². The Labute approximate surface area is 99.4 Å². The number of halogens is 1. The quantitative estimate of drug-likeness (QED) is 0.882. The van der Waals surface area contributed by atoms with E-state index >= 15 is 0 Å². The summed E-state index contributed by atoms with van der Waals surface area (Å²) in [4.78, 5) is 0. The van der Waals surface area contributed by atoms with Gasteiger partial charge in [-0.1, -0.05) is 17.3 Å². The first-order valence-electron chi connectivity index (χ1n) is 5.55. The smallest absolute Gasteiger partial charge is 0.133 e. The molecule has 1 heterocycles. The van der Waals surface area contributed by atoms with Gasteiger partial charge in [0.1, 0.15) is 11.6 Å². The van der Waals surface area contributed by atoms with Gasteiger partial charge in [-0.15, -0.1) is 0 Å². The van der Waals surface area contributed by atoms with Crippen LogP contribution >= 0.6 is 0 Å². The summed E-state index contributed by atoms with van der Waals surface area (Å²) in [7, 11) is 0. The van der Waals surface area contributed by atoms with Crippen LogP contribution in [0.1, 0.15) is 17.0 Å². The van der Waals surface area contributed by atoms with E-state index in [1.54, 1.807) is 6.07 Å². The van der Waals surface area contributed by atoms with E-state index in [0.29, 0.717) is 12.8 Å². The van der Waals surface area contributed by atoms with E-state index in [1.165, 1.54) is 12.1 Å². The molecule has 4 heteroatoms. The zero-order chi connectivity index (χ0) is 12.3. The number of hydrogen-bond donors (Lipinski definition) is 1. The highest BCUT2D eigenvalue weighted by molar-refractivity contribution is 5.18. The zero-order valence-electron chi connectivity index (χ0n) is 9.69. The van der Waals surface area contributed by atoms with Crippen molar-refractivity contribution in [3.05, 3.63) is 53.2 Å². The van der Waals surface area contributed by atoms with Crippen LogP contribution in [-0.2, 0) is 12.8 Å². The van der Waals surface area contributed by atoms with Crippen molar-refractivity contribution in [2.45, 2.75) is 25.8 Å². The average Bonchev–Trinajstić information content (AvgIpc) is 2.63. The first-order chi connectivity index (χ1) is 8.13. The maximum atomic E-state index is 13.0. The molecule has 2 N–H and O–H groups in total. The van der Waals surface area contributed by atoms with Crippen molar-refractivity contribution in [3.63, 3.8) is 0 Å². The van der Waals surface area contributed by atoms with Crippen LogP contribution in [-0.4, -0.2) is 11.2 Å². The van der Waals surface area contributed by atoms with Gasteiger partial charge in [0.05, 0.1) is 5.69 Å². The summed E-state index contributed by atoms with van der Waals surface area (Å²) in [6.07, 6.45) is 1.26. The molecule has 2 aromatic rings. The number of rotatable bonds is 4. The lowest BCUT2D eigenvalue weighted by Crippen LogP contribution is -2.25. The Bertz CT molecular complexity index is 496. The molecule has 3 nitrogen and oxygen atoms in total. The van der Waals surface area contributed by atoms with Crippen LogP contribution in [0, 0.1) is 12.7 Å². The molecular weight excluding hydrogens is 219 g/mol. The second kappa shape index (κ2) is 5.10. The Kier molecular flexibility index (Phi) is 3.54. The fourth-order valence-electron chi connectivity index (χ4n) is 1.82. The highest BCUT2D eigenvalue weighted by atomic mass is 19.1. The van der Waals surface area contributed by atoms with Gasteiger partial charge in [-0.3, -0.25) is 0 Å². The standard InChI is InChI=1S/C13H15FN2O/c1-9-5-13(16-17-9)8-12(15)7-10-3-2-4-11(14)6-10/h2-6,12H,7-8,15H2,1H3. The average molecular weight is 234 g/mol. The van der Waals surface area contributed by atoms with Crippen molar-refractivity contribution >= 4 is 0 Å². The first-order valence-corrected chi connectivity index (χ1v) is 5.55. The zero-order valence-corrected chi connectivity index (χ0v) is 9.69. The Morgan fingerprint density at radius 1 is 1.35 bits per heavy atom. The number of aryl methyl sites for hydroxylation is 1. The summed E-state index contributed by atoms with van der Waals surface area (Å²) in [6.45, 7) is 1.84. The number of benzene rings is 1. The fourth-order valence-corrected chi connectivity index (χ4v) is 1.82. The van der Waals surface area contributed by atoms with Crippen LogP contribution in [0.2, 0.25) is 0 Å². The second-order valence-electron chi connectivity index (χ2n) is 4.23. The lowest BCUT2D eigenvalue weighted by Gasteiger charge is -2.09. The van der Waals surface area contributed by atoms with Crippen LogP contribution in [0.3, 0.4) is 0 Å². The van der Waals surface area contributed by atoms with E-state index in [2.05, 4.69) is 5.16 Å². The molecule has 17 heavy (non-hydrogen) atoms. The van der Waals surface area contributed by atoms with E-state index < -0.39 is 0 Å². The topological polar surface area (TPSA) is 52.0 Å². The Morgan fingerprint density at radius 2 is 2.18 bits per heavy atom. The molecule has 0 spiro atoms. The van der Waals surface area contributed by atoms with Crippen molar-refractivity contribution in [1.82, 2.24) is 5.16 Å². The van der Waals surface area contributed by atoms with E-state index in [1.807, 2.05) is 19.1 Å². The minimum Gasteiger partial charge on any atom is -0.361 e. The molecule has 0 amide bonds. The highest BCUT2D eigenvalue weighted by Gasteiger charge is 2.09. The number of hydrogen-bond acceptors (Lipinski definition) is 3. The van der Waals surface area contributed by atoms with E-state index in [4.69, 9.17) is 10.3 Å². The third-order valence-corrected chi connectivity index (χ3v) is 2.54. The maximum absolute atomic E-state index is 13.0. The highest BCUT2D eigenvalue weighted by Crippen LogP contribution is 2.09. The molecule has 1 unspecified atom stereocenters. The summed E-state index contributed by atoms with van der Waals surface area (Å²) in [5.41, 5.74) is 7.73. The Hall–Kier alpha value is -1.68. The van der Waals surface area contributed by atoms with Gasteiger partial charge >= 0.3 is 0 Å². The van der Waals surface area contributed by atoms with Crippen molar-refractivity contribution in [1.29, 1.82) is 0 Å². The molecule has 0 aliphatic carbocycles. The van der Waals surface area contributed by atoms with Crippen molar-refractivity contribution < 1.29 is 8.91 Å². The minimum atomic E-state index is -0.230. The summed E-state index contributed by atoms with van der Waals surface area (Å²) < 4.78 is 17.9. The van der Waals surface area contributed by atoms with Gasteiger partial charge in [-0.25, -0.2) is 4.39 Å². The lowest BCUT2D eigenvalue weighted by atomic mass is 10.0. The minimum absolute atomic E-state index is 0.0821. The van der Waals surface area contributed by atoms with Gasteiger partial charge in [0.15, 0.2) is 0 Å². The van der Waals surface area contributed by atoms with Crippen LogP contribution in [0.25, 0.3) is 0 Å². The Balaban J connectivity index is 1.95. The molecule has 0 aliphatic heterocycles. The molecule has 0 saturated carbocycles. The largest absolute Gasteiger partial charge is 0.361 e. The summed E-state index contributed by atoms with van der Waals surface area (Å²) in [5, 5.41) is 3.89. The van der Waals surface area contributed by atoms with Crippen molar-refractivity contribution in [3.8, 4) is 0 Å². The number of aromatic nitrogens is 1. The first kappa shape index (κ1) is 11.8. The molecule has 0 fully saturated rings.